The highest BCUT2D eigenvalue weighted by Crippen LogP contribution is 2.25. The van der Waals surface area contributed by atoms with Crippen molar-refractivity contribution in [2.75, 3.05) is 5.32 Å². The highest BCUT2D eigenvalue weighted by Gasteiger charge is 2.13. The van der Waals surface area contributed by atoms with Gasteiger partial charge in [0.15, 0.2) is 5.69 Å². The lowest BCUT2D eigenvalue weighted by Gasteiger charge is -2.03. The number of amides is 1. The number of aryl methyl sites for hydroxylation is 1. The number of pyridine rings is 1. The molecule has 6 nitrogen and oxygen atoms in total. The van der Waals surface area contributed by atoms with Crippen LogP contribution >= 0.6 is 0 Å². The number of hydrogen-bond donors (Lipinski definition) is 3. The first-order chi connectivity index (χ1) is 12.1. The summed E-state index contributed by atoms with van der Waals surface area (Å²) in [4.78, 5) is 19.7. The Labute approximate surface area is 142 Å². The fourth-order valence-corrected chi connectivity index (χ4v) is 2.64. The maximum atomic E-state index is 13.1. The number of anilines is 1. The molecule has 4 rings (SSSR count). The van der Waals surface area contributed by atoms with Gasteiger partial charge in [-0.1, -0.05) is 0 Å². The number of fused-ring (bicyclic) bond motifs is 1. The monoisotopic (exact) mass is 335 g/mol. The fraction of sp³-hybridized carbons (Fsp3) is 0.0556. The van der Waals surface area contributed by atoms with Gasteiger partial charge < -0.3 is 10.3 Å². The van der Waals surface area contributed by atoms with Gasteiger partial charge in [0.1, 0.15) is 11.5 Å². The molecule has 0 unspecified atom stereocenters. The van der Waals surface area contributed by atoms with Crippen molar-refractivity contribution in [3.63, 3.8) is 0 Å². The van der Waals surface area contributed by atoms with Crippen molar-refractivity contribution in [3.05, 3.63) is 65.9 Å². The Morgan fingerprint density at radius 1 is 1.20 bits per heavy atom. The predicted molar refractivity (Wildman–Crippen MR) is 92.8 cm³/mol. The third-order valence-corrected chi connectivity index (χ3v) is 3.93. The van der Waals surface area contributed by atoms with E-state index in [0.717, 1.165) is 22.2 Å². The lowest BCUT2D eigenvalue weighted by atomic mass is 10.1. The van der Waals surface area contributed by atoms with Crippen LogP contribution in [-0.4, -0.2) is 26.1 Å². The van der Waals surface area contributed by atoms with Crippen LogP contribution in [0.3, 0.4) is 0 Å². The molecule has 1 aromatic carbocycles. The topological polar surface area (TPSA) is 86.5 Å². The summed E-state index contributed by atoms with van der Waals surface area (Å²) in [7, 11) is 0. The van der Waals surface area contributed by atoms with Gasteiger partial charge in [0.05, 0.1) is 11.9 Å². The second-order valence-electron chi connectivity index (χ2n) is 5.72. The van der Waals surface area contributed by atoms with E-state index in [-0.39, 0.29) is 11.7 Å². The number of H-pyrrole nitrogens is 2. The normalized spacial score (nSPS) is 11.0. The van der Waals surface area contributed by atoms with Gasteiger partial charge in [-0.2, -0.15) is 5.10 Å². The molecule has 0 aliphatic heterocycles. The van der Waals surface area contributed by atoms with Crippen LogP contribution in [0.4, 0.5) is 10.1 Å². The van der Waals surface area contributed by atoms with Crippen LogP contribution in [0, 0.1) is 12.7 Å². The van der Waals surface area contributed by atoms with Gasteiger partial charge >= 0.3 is 0 Å². The minimum atomic E-state index is -0.297. The summed E-state index contributed by atoms with van der Waals surface area (Å²) < 4.78 is 13.1. The summed E-state index contributed by atoms with van der Waals surface area (Å²) in [6.45, 7) is 1.81. The van der Waals surface area contributed by atoms with Gasteiger partial charge in [-0.05, 0) is 54.4 Å². The number of carbonyl (C=O) groups is 1. The van der Waals surface area contributed by atoms with Gasteiger partial charge in [-0.3, -0.25) is 9.89 Å². The van der Waals surface area contributed by atoms with Gasteiger partial charge in [-0.25, -0.2) is 9.37 Å². The lowest BCUT2D eigenvalue weighted by molar-refractivity contribution is 0.102. The third-order valence-electron chi connectivity index (χ3n) is 3.93. The molecule has 0 fully saturated rings. The molecule has 0 bridgehead atoms. The largest absolute Gasteiger partial charge is 0.339 e. The molecule has 124 valence electrons. The minimum absolute atomic E-state index is 0.281. The number of aromatic nitrogens is 4. The molecular weight excluding hydrogens is 321 g/mol. The summed E-state index contributed by atoms with van der Waals surface area (Å²) in [5.74, 6) is -0.578. The molecule has 0 spiro atoms. The molecule has 3 heterocycles. The zero-order valence-electron chi connectivity index (χ0n) is 13.3. The standard InChI is InChI=1S/C18H14FN5O/c1-10-8-21-24-16(10)18(25)22-14-6-12-7-15(23-17(12)20-9-14)11-2-4-13(19)5-3-11/h2-9H,1H3,(H,20,23)(H,21,24)(H,22,25). The second kappa shape index (κ2) is 5.86. The molecule has 1 amide bonds. The number of halogens is 1. The third kappa shape index (κ3) is 2.87. The molecule has 0 saturated heterocycles. The van der Waals surface area contributed by atoms with E-state index in [1.165, 1.54) is 12.1 Å². The molecular formula is C18H14FN5O. The molecule has 0 aliphatic carbocycles. The van der Waals surface area contributed by atoms with Crippen molar-refractivity contribution in [3.8, 4) is 11.3 Å². The van der Waals surface area contributed by atoms with Crippen LogP contribution in [0.1, 0.15) is 16.1 Å². The average Bonchev–Trinajstić information content (AvgIpc) is 3.21. The van der Waals surface area contributed by atoms with Gasteiger partial charge in [0.2, 0.25) is 0 Å². The van der Waals surface area contributed by atoms with E-state index in [2.05, 4.69) is 25.5 Å². The molecule has 0 saturated carbocycles. The van der Waals surface area contributed by atoms with Crippen LogP contribution < -0.4 is 5.32 Å². The fourth-order valence-electron chi connectivity index (χ4n) is 2.64. The summed E-state index contributed by atoms with van der Waals surface area (Å²) in [6, 6.07) is 9.95. The number of aromatic amines is 2. The van der Waals surface area contributed by atoms with E-state index in [1.54, 1.807) is 31.5 Å². The van der Waals surface area contributed by atoms with Crippen LogP contribution in [0.25, 0.3) is 22.3 Å². The predicted octanol–water partition coefficient (Wildman–Crippen LogP) is 3.65. The molecule has 7 heteroatoms. The Balaban J connectivity index is 1.63. The number of hydrogen-bond acceptors (Lipinski definition) is 3. The maximum Gasteiger partial charge on any atom is 0.276 e. The summed E-state index contributed by atoms with van der Waals surface area (Å²) in [5, 5.41) is 10.2. The second-order valence-corrected chi connectivity index (χ2v) is 5.72. The van der Waals surface area contributed by atoms with E-state index >= 15 is 0 Å². The molecule has 0 radical (unpaired) electrons. The zero-order valence-corrected chi connectivity index (χ0v) is 13.3. The van der Waals surface area contributed by atoms with Crippen molar-refractivity contribution in [1.29, 1.82) is 0 Å². The number of nitrogens with zero attached hydrogens (tertiary/aromatic N) is 2. The SMILES string of the molecule is Cc1c[nH]nc1C(=O)Nc1cnc2[nH]c(-c3ccc(F)cc3)cc2c1. The molecule has 25 heavy (non-hydrogen) atoms. The molecule has 3 N–H and O–H groups in total. The summed E-state index contributed by atoms with van der Waals surface area (Å²) in [5.41, 5.74) is 4.07. The van der Waals surface area contributed by atoms with Gasteiger partial charge in [0.25, 0.3) is 5.91 Å². The number of benzene rings is 1. The first kappa shape index (κ1) is 15.1. The van der Waals surface area contributed by atoms with E-state index in [0.29, 0.717) is 17.0 Å². The highest BCUT2D eigenvalue weighted by atomic mass is 19.1. The van der Waals surface area contributed by atoms with E-state index in [4.69, 9.17) is 0 Å². The van der Waals surface area contributed by atoms with Crippen LogP contribution in [-0.2, 0) is 0 Å². The van der Waals surface area contributed by atoms with Crippen molar-refractivity contribution >= 4 is 22.6 Å². The first-order valence-corrected chi connectivity index (χ1v) is 7.66. The van der Waals surface area contributed by atoms with E-state index < -0.39 is 0 Å². The average molecular weight is 335 g/mol. The molecule has 3 aromatic heterocycles. The zero-order chi connectivity index (χ0) is 17.4. The molecule has 0 atom stereocenters. The van der Waals surface area contributed by atoms with Crippen LogP contribution in [0.2, 0.25) is 0 Å². The smallest absolute Gasteiger partial charge is 0.276 e. The van der Waals surface area contributed by atoms with E-state index in [1.807, 2.05) is 12.1 Å². The number of rotatable bonds is 3. The van der Waals surface area contributed by atoms with Crippen molar-refractivity contribution in [1.82, 2.24) is 20.2 Å². The lowest BCUT2D eigenvalue weighted by Crippen LogP contribution is -2.13. The van der Waals surface area contributed by atoms with Crippen molar-refractivity contribution in [2.45, 2.75) is 6.92 Å². The van der Waals surface area contributed by atoms with Crippen LogP contribution in [0.5, 0.6) is 0 Å². The van der Waals surface area contributed by atoms with Gasteiger partial charge in [-0.15, -0.1) is 0 Å². The summed E-state index contributed by atoms with van der Waals surface area (Å²) in [6.07, 6.45) is 3.24. The number of nitrogens with one attached hydrogen (secondary N) is 3. The summed E-state index contributed by atoms with van der Waals surface area (Å²) >= 11 is 0. The highest BCUT2D eigenvalue weighted by molar-refractivity contribution is 6.04. The quantitative estimate of drug-likeness (QED) is 0.534. The molecule has 0 aliphatic rings. The van der Waals surface area contributed by atoms with Gasteiger partial charge in [0, 0.05) is 17.3 Å². The van der Waals surface area contributed by atoms with Crippen molar-refractivity contribution < 1.29 is 9.18 Å². The number of carbonyl (C=O) groups excluding carboxylic acids is 1. The minimum Gasteiger partial charge on any atom is -0.339 e. The first-order valence-electron chi connectivity index (χ1n) is 7.66. The van der Waals surface area contributed by atoms with Crippen molar-refractivity contribution in [2.24, 2.45) is 0 Å². The maximum absolute atomic E-state index is 13.1. The van der Waals surface area contributed by atoms with E-state index in [9.17, 15) is 9.18 Å². The Kier molecular flexibility index (Phi) is 3.53. The Hall–Kier alpha value is -3.48. The Morgan fingerprint density at radius 3 is 2.72 bits per heavy atom. The Bertz CT molecular complexity index is 1060. The Morgan fingerprint density at radius 2 is 2.00 bits per heavy atom. The van der Waals surface area contributed by atoms with Crippen LogP contribution in [0.15, 0.2) is 48.8 Å². The molecule has 4 aromatic rings.